The number of hydrogen-bond donors (Lipinski definition) is 1. The summed E-state index contributed by atoms with van der Waals surface area (Å²) in [5.41, 5.74) is 1.47. The van der Waals surface area contributed by atoms with Gasteiger partial charge in [-0.1, -0.05) is 12.1 Å². The van der Waals surface area contributed by atoms with Crippen molar-refractivity contribution in [2.24, 2.45) is 0 Å². The maximum Gasteiger partial charge on any atom is 0.255 e. The molecule has 0 radical (unpaired) electrons. The van der Waals surface area contributed by atoms with Gasteiger partial charge >= 0.3 is 0 Å². The fourth-order valence-corrected chi connectivity index (χ4v) is 4.52. The van der Waals surface area contributed by atoms with Crippen LogP contribution in [-0.4, -0.2) is 44.9 Å². The van der Waals surface area contributed by atoms with Gasteiger partial charge in [-0.05, 0) is 49.2 Å². The van der Waals surface area contributed by atoms with Crippen molar-refractivity contribution in [3.8, 4) is 0 Å². The van der Waals surface area contributed by atoms with Gasteiger partial charge in [0.05, 0.1) is 23.8 Å². The summed E-state index contributed by atoms with van der Waals surface area (Å²) in [5.74, 6) is -1.12. The van der Waals surface area contributed by atoms with Gasteiger partial charge in [0, 0.05) is 18.7 Å². The van der Waals surface area contributed by atoms with Gasteiger partial charge in [-0.25, -0.2) is 12.8 Å². The summed E-state index contributed by atoms with van der Waals surface area (Å²) in [6, 6.07) is 8.91. The number of sulfonamides is 1. The third-order valence-corrected chi connectivity index (χ3v) is 6.45. The van der Waals surface area contributed by atoms with Crippen LogP contribution in [0.3, 0.4) is 0 Å². The first-order valence-electron chi connectivity index (χ1n) is 8.55. The average Bonchev–Trinajstić information content (AvgIpc) is 2.65. The number of nitrogens with one attached hydrogen (secondary N) is 1. The molecule has 1 aliphatic heterocycles. The maximum atomic E-state index is 14.0. The molecular weight excluding hydrogens is 371 g/mol. The molecule has 1 N–H and O–H groups in total. The molecule has 1 saturated heterocycles. The van der Waals surface area contributed by atoms with Gasteiger partial charge < -0.3 is 10.1 Å². The van der Waals surface area contributed by atoms with Crippen LogP contribution in [-0.2, 0) is 14.8 Å². The van der Waals surface area contributed by atoms with Crippen molar-refractivity contribution < 1.29 is 22.3 Å². The Labute approximate surface area is 158 Å². The molecule has 1 fully saturated rings. The third kappa shape index (κ3) is 4.18. The minimum atomic E-state index is -3.74. The Kier molecular flexibility index (Phi) is 5.59. The maximum absolute atomic E-state index is 14.0. The van der Waals surface area contributed by atoms with Crippen molar-refractivity contribution in [1.29, 1.82) is 0 Å². The number of morpholine rings is 1. The highest BCUT2D eigenvalue weighted by Gasteiger charge is 2.28. The third-order valence-electron chi connectivity index (χ3n) is 4.41. The molecule has 0 aliphatic carbocycles. The number of benzene rings is 2. The van der Waals surface area contributed by atoms with E-state index < -0.39 is 21.7 Å². The molecule has 1 amide bonds. The Morgan fingerprint density at radius 1 is 1.11 bits per heavy atom. The number of amides is 1. The SMILES string of the molecule is Cc1ccc(NC(=O)c2ccc(C)c(S(=O)(=O)N3CCOCC3)c2)c(F)c1. The van der Waals surface area contributed by atoms with E-state index in [4.69, 9.17) is 4.74 Å². The number of carbonyl (C=O) groups is 1. The number of ether oxygens (including phenoxy) is 1. The van der Waals surface area contributed by atoms with Crippen LogP contribution in [0.15, 0.2) is 41.3 Å². The number of hydrogen-bond acceptors (Lipinski definition) is 4. The first-order valence-corrected chi connectivity index (χ1v) is 9.99. The van der Waals surface area contributed by atoms with Crippen LogP contribution in [0.1, 0.15) is 21.5 Å². The highest BCUT2D eigenvalue weighted by atomic mass is 32.2. The zero-order valence-electron chi connectivity index (χ0n) is 15.2. The van der Waals surface area contributed by atoms with E-state index in [9.17, 15) is 17.6 Å². The monoisotopic (exact) mass is 392 g/mol. The molecule has 0 spiro atoms. The Bertz CT molecular complexity index is 970. The quantitative estimate of drug-likeness (QED) is 0.868. The van der Waals surface area contributed by atoms with Crippen LogP contribution < -0.4 is 5.32 Å². The van der Waals surface area contributed by atoms with Gasteiger partial charge in [-0.2, -0.15) is 4.31 Å². The fraction of sp³-hybridized carbons (Fsp3) is 0.316. The second-order valence-electron chi connectivity index (χ2n) is 6.43. The Morgan fingerprint density at radius 2 is 1.81 bits per heavy atom. The lowest BCUT2D eigenvalue weighted by molar-refractivity contribution is 0.0730. The van der Waals surface area contributed by atoms with Gasteiger partial charge in [-0.3, -0.25) is 4.79 Å². The van der Waals surface area contributed by atoms with Gasteiger partial charge in [-0.15, -0.1) is 0 Å². The average molecular weight is 392 g/mol. The first kappa shape index (κ1) is 19.5. The molecule has 0 saturated carbocycles. The molecule has 0 unspecified atom stereocenters. The first-order chi connectivity index (χ1) is 12.8. The van der Waals surface area contributed by atoms with E-state index in [0.717, 1.165) is 5.56 Å². The molecule has 8 heteroatoms. The van der Waals surface area contributed by atoms with Crippen LogP contribution in [0.5, 0.6) is 0 Å². The second-order valence-corrected chi connectivity index (χ2v) is 8.34. The van der Waals surface area contributed by atoms with Crippen molar-refractivity contribution in [1.82, 2.24) is 4.31 Å². The van der Waals surface area contributed by atoms with E-state index in [1.807, 2.05) is 0 Å². The van der Waals surface area contributed by atoms with Gasteiger partial charge in [0.25, 0.3) is 5.91 Å². The smallest absolute Gasteiger partial charge is 0.255 e. The predicted octanol–water partition coefficient (Wildman–Crippen LogP) is 2.72. The summed E-state index contributed by atoms with van der Waals surface area (Å²) in [5, 5.41) is 2.49. The normalized spacial score (nSPS) is 15.5. The zero-order chi connectivity index (χ0) is 19.6. The van der Waals surface area contributed by atoms with Crippen molar-refractivity contribution in [3.63, 3.8) is 0 Å². The minimum absolute atomic E-state index is 0.0451. The second kappa shape index (κ2) is 7.75. The highest BCUT2D eigenvalue weighted by molar-refractivity contribution is 7.89. The molecule has 0 aromatic heterocycles. The van der Waals surface area contributed by atoms with Crippen molar-refractivity contribution in [2.45, 2.75) is 18.7 Å². The molecule has 2 aromatic rings. The molecule has 1 aliphatic rings. The number of halogens is 1. The number of carbonyl (C=O) groups excluding carboxylic acids is 1. The molecule has 2 aromatic carbocycles. The topological polar surface area (TPSA) is 75.7 Å². The summed E-state index contributed by atoms with van der Waals surface area (Å²) < 4.78 is 46.3. The summed E-state index contributed by atoms with van der Waals surface area (Å²) in [7, 11) is -3.74. The number of rotatable bonds is 4. The lowest BCUT2D eigenvalue weighted by atomic mass is 10.1. The van der Waals surface area contributed by atoms with E-state index in [-0.39, 0.29) is 29.2 Å². The van der Waals surface area contributed by atoms with Crippen LogP contribution in [0.4, 0.5) is 10.1 Å². The van der Waals surface area contributed by atoms with Gasteiger partial charge in [0.2, 0.25) is 10.0 Å². The summed E-state index contributed by atoms with van der Waals surface area (Å²) in [4.78, 5) is 12.6. The molecule has 27 heavy (non-hydrogen) atoms. The van der Waals surface area contributed by atoms with E-state index >= 15 is 0 Å². The number of nitrogens with zero attached hydrogens (tertiary/aromatic N) is 1. The molecule has 1 heterocycles. The van der Waals surface area contributed by atoms with Crippen molar-refractivity contribution >= 4 is 21.6 Å². The van der Waals surface area contributed by atoms with Crippen molar-refractivity contribution in [3.05, 3.63) is 58.9 Å². The van der Waals surface area contributed by atoms with E-state index in [1.54, 1.807) is 26.0 Å². The molecule has 0 bridgehead atoms. The van der Waals surface area contributed by atoms with Crippen LogP contribution in [0.25, 0.3) is 0 Å². The highest BCUT2D eigenvalue weighted by Crippen LogP contribution is 2.23. The summed E-state index contributed by atoms with van der Waals surface area (Å²) in [6.07, 6.45) is 0. The lowest BCUT2D eigenvalue weighted by Crippen LogP contribution is -2.40. The van der Waals surface area contributed by atoms with Crippen molar-refractivity contribution in [2.75, 3.05) is 31.6 Å². The minimum Gasteiger partial charge on any atom is -0.379 e. The predicted molar refractivity (Wildman–Crippen MR) is 99.8 cm³/mol. The molecule has 3 rings (SSSR count). The fourth-order valence-electron chi connectivity index (χ4n) is 2.86. The number of aryl methyl sites for hydroxylation is 2. The largest absolute Gasteiger partial charge is 0.379 e. The van der Waals surface area contributed by atoms with E-state index in [2.05, 4.69) is 5.32 Å². The Hall–Kier alpha value is -2.29. The standard InChI is InChI=1S/C19H21FN2O4S/c1-13-3-6-17(16(20)11-13)21-19(23)15-5-4-14(2)18(12-15)27(24,25)22-7-9-26-10-8-22/h3-6,11-12H,7-10H2,1-2H3,(H,21,23). The lowest BCUT2D eigenvalue weighted by Gasteiger charge is -2.26. The van der Waals surface area contributed by atoms with Gasteiger partial charge in [0.15, 0.2) is 0 Å². The summed E-state index contributed by atoms with van der Waals surface area (Å²) >= 11 is 0. The molecule has 6 nitrogen and oxygen atoms in total. The molecule has 0 atom stereocenters. The Balaban J connectivity index is 1.89. The molecular formula is C19H21FN2O4S. The van der Waals surface area contributed by atoms with E-state index in [1.165, 1.54) is 28.6 Å². The zero-order valence-corrected chi connectivity index (χ0v) is 16.0. The van der Waals surface area contributed by atoms with Crippen LogP contribution >= 0.6 is 0 Å². The van der Waals surface area contributed by atoms with Crippen LogP contribution in [0.2, 0.25) is 0 Å². The van der Waals surface area contributed by atoms with Gasteiger partial charge in [0.1, 0.15) is 5.82 Å². The van der Waals surface area contributed by atoms with E-state index in [0.29, 0.717) is 18.8 Å². The number of anilines is 1. The Morgan fingerprint density at radius 3 is 2.48 bits per heavy atom. The van der Waals surface area contributed by atoms with Crippen LogP contribution in [0, 0.1) is 19.7 Å². The molecule has 144 valence electrons. The summed E-state index contributed by atoms with van der Waals surface area (Å²) in [6.45, 7) is 4.64.